The zero-order valence-electron chi connectivity index (χ0n) is 15.0. The fraction of sp³-hybridized carbons (Fsp3) is 0.167. The number of nitrogens with zero attached hydrogens (tertiary/aromatic N) is 3. The maximum absolute atomic E-state index is 11.4. The first-order chi connectivity index (χ1) is 13.4. The highest BCUT2D eigenvalue weighted by Gasteiger charge is 2.22. The molecular weight excluding hydrogens is 407 g/mol. The van der Waals surface area contributed by atoms with Crippen molar-refractivity contribution in [3.63, 3.8) is 0 Å². The molecule has 2 aromatic carbocycles. The molecule has 0 aliphatic rings. The van der Waals surface area contributed by atoms with Crippen molar-refractivity contribution in [2.45, 2.75) is 6.54 Å². The molecule has 146 valence electrons. The largest absolute Gasteiger partial charge is 0.495 e. The summed E-state index contributed by atoms with van der Waals surface area (Å²) in [6.07, 6.45) is 0. The third-order valence-corrected chi connectivity index (χ3v) is 4.98. The summed E-state index contributed by atoms with van der Waals surface area (Å²) in [7, 11) is 2.95. The van der Waals surface area contributed by atoms with Crippen LogP contribution in [0.2, 0.25) is 10.0 Å². The number of halogens is 2. The molecule has 0 amide bonds. The van der Waals surface area contributed by atoms with Crippen LogP contribution >= 0.6 is 23.2 Å². The lowest BCUT2D eigenvalue weighted by atomic mass is 10.1. The lowest BCUT2D eigenvalue weighted by Gasteiger charge is -2.15. The van der Waals surface area contributed by atoms with Gasteiger partial charge in [-0.3, -0.25) is 14.8 Å². The predicted molar refractivity (Wildman–Crippen MR) is 107 cm³/mol. The van der Waals surface area contributed by atoms with E-state index in [9.17, 15) is 10.1 Å². The SMILES string of the molecule is COc1cc(OC)c(Cl)c(Cn2nc(N)cc2-c2ccccc2[N+](=O)[O-])c1Cl. The molecule has 0 fully saturated rings. The number of anilines is 1. The molecule has 0 spiro atoms. The Morgan fingerprint density at radius 3 is 2.32 bits per heavy atom. The predicted octanol–water partition coefficient (Wildman–Crippen LogP) is 4.41. The van der Waals surface area contributed by atoms with Crippen molar-refractivity contribution in [2.24, 2.45) is 0 Å². The summed E-state index contributed by atoms with van der Waals surface area (Å²) < 4.78 is 12.1. The van der Waals surface area contributed by atoms with Gasteiger partial charge in [-0.1, -0.05) is 35.3 Å². The molecular formula is C18H16Cl2N4O4. The van der Waals surface area contributed by atoms with Gasteiger partial charge in [-0.25, -0.2) is 0 Å². The van der Waals surface area contributed by atoms with Gasteiger partial charge in [0.05, 0.1) is 47.0 Å². The third kappa shape index (κ3) is 3.56. The zero-order chi connectivity index (χ0) is 20.4. The first-order valence-electron chi connectivity index (χ1n) is 8.03. The molecule has 0 aliphatic carbocycles. The number of nitro groups is 1. The molecule has 0 bridgehead atoms. The van der Waals surface area contributed by atoms with Crippen LogP contribution in [0.15, 0.2) is 36.4 Å². The van der Waals surface area contributed by atoms with Crippen molar-refractivity contribution in [1.29, 1.82) is 0 Å². The normalized spacial score (nSPS) is 10.7. The number of aromatic nitrogens is 2. The summed E-state index contributed by atoms with van der Waals surface area (Å²) in [6, 6.07) is 9.46. The fourth-order valence-corrected chi connectivity index (χ4v) is 3.47. The van der Waals surface area contributed by atoms with E-state index in [2.05, 4.69) is 5.10 Å². The van der Waals surface area contributed by atoms with Crippen LogP contribution in [-0.4, -0.2) is 28.9 Å². The number of para-hydroxylation sites is 1. The van der Waals surface area contributed by atoms with Gasteiger partial charge < -0.3 is 15.2 Å². The van der Waals surface area contributed by atoms with E-state index in [1.807, 2.05) is 0 Å². The topological polar surface area (TPSA) is 105 Å². The van der Waals surface area contributed by atoms with Gasteiger partial charge in [0.15, 0.2) is 0 Å². The van der Waals surface area contributed by atoms with Gasteiger partial charge in [0.1, 0.15) is 17.3 Å². The van der Waals surface area contributed by atoms with Crippen LogP contribution in [0, 0.1) is 10.1 Å². The third-order valence-electron chi connectivity index (χ3n) is 4.15. The van der Waals surface area contributed by atoms with Crippen molar-refractivity contribution in [1.82, 2.24) is 9.78 Å². The second-order valence-corrected chi connectivity index (χ2v) is 6.53. The van der Waals surface area contributed by atoms with Gasteiger partial charge in [-0.05, 0) is 6.07 Å². The van der Waals surface area contributed by atoms with Crippen LogP contribution in [0.5, 0.6) is 11.5 Å². The second-order valence-electron chi connectivity index (χ2n) is 5.77. The van der Waals surface area contributed by atoms with Gasteiger partial charge in [0.2, 0.25) is 0 Å². The quantitative estimate of drug-likeness (QED) is 0.465. The zero-order valence-corrected chi connectivity index (χ0v) is 16.5. The van der Waals surface area contributed by atoms with E-state index in [0.29, 0.717) is 28.3 Å². The number of benzene rings is 2. The van der Waals surface area contributed by atoms with E-state index in [-0.39, 0.29) is 28.1 Å². The van der Waals surface area contributed by atoms with Crippen LogP contribution in [0.25, 0.3) is 11.3 Å². The van der Waals surface area contributed by atoms with E-state index >= 15 is 0 Å². The van der Waals surface area contributed by atoms with E-state index in [0.717, 1.165) is 0 Å². The summed E-state index contributed by atoms with van der Waals surface area (Å²) in [5, 5.41) is 16.2. The maximum atomic E-state index is 11.4. The molecule has 3 rings (SSSR count). The Labute approximate surface area is 170 Å². The molecule has 0 radical (unpaired) electrons. The van der Waals surface area contributed by atoms with Crippen LogP contribution < -0.4 is 15.2 Å². The molecule has 0 aliphatic heterocycles. The van der Waals surface area contributed by atoms with Crippen LogP contribution in [0.3, 0.4) is 0 Å². The van der Waals surface area contributed by atoms with E-state index < -0.39 is 4.92 Å². The Hall–Kier alpha value is -2.97. The number of nitro benzene ring substituents is 1. The summed E-state index contributed by atoms with van der Waals surface area (Å²) in [4.78, 5) is 11.0. The minimum Gasteiger partial charge on any atom is -0.495 e. The van der Waals surface area contributed by atoms with Crippen molar-refractivity contribution in [2.75, 3.05) is 20.0 Å². The number of nitrogen functional groups attached to an aromatic ring is 1. The highest BCUT2D eigenvalue weighted by molar-refractivity contribution is 6.37. The Kier molecular flexibility index (Phi) is 5.62. The maximum Gasteiger partial charge on any atom is 0.278 e. The van der Waals surface area contributed by atoms with Crippen molar-refractivity contribution >= 4 is 34.7 Å². The number of rotatable bonds is 6. The van der Waals surface area contributed by atoms with E-state index in [4.69, 9.17) is 38.4 Å². The van der Waals surface area contributed by atoms with E-state index in [1.165, 1.54) is 25.0 Å². The van der Waals surface area contributed by atoms with Crippen LogP contribution in [0.1, 0.15) is 5.56 Å². The fourth-order valence-electron chi connectivity index (χ4n) is 2.85. The first-order valence-corrected chi connectivity index (χ1v) is 8.79. The first kappa shape index (κ1) is 19.8. The van der Waals surface area contributed by atoms with E-state index in [1.54, 1.807) is 30.3 Å². The molecule has 28 heavy (non-hydrogen) atoms. The van der Waals surface area contributed by atoms with Gasteiger partial charge in [0.25, 0.3) is 5.69 Å². The Balaban J connectivity index is 2.16. The van der Waals surface area contributed by atoms with Gasteiger partial charge in [-0.2, -0.15) is 5.10 Å². The summed E-state index contributed by atoms with van der Waals surface area (Å²) in [5.41, 5.74) is 7.12. The van der Waals surface area contributed by atoms with Gasteiger partial charge in [-0.15, -0.1) is 0 Å². The van der Waals surface area contributed by atoms with Crippen molar-refractivity contribution in [3.05, 3.63) is 62.1 Å². The van der Waals surface area contributed by atoms with Crippen LogP contribution in [0.4, 0.5) is 11.5 Å². The number of hydrogen-bond donors (Lipinski definition) is 1. The molecule has 0 saturated carbocycles. The molecule has 1 aromatic heterocycles. The number of methoxy groups -OCH3 is 2. The molecule has 0 saturated heterocycles. The molecule has 0 unspecified atom stereocenters. The summed E-state index contributed by atoms with van der Waals surface area (Å²) in [6.45, 7) is 0.101. The molecule has 1 heterocycles. The lowest BCUT2D eigenvalue weighted by molar-refractivity contribution is -0.384. The number of hydrogen-bond acceptors (Lipinski definition) is 6. The highest BCUT2D eigenvalue weighted by Crippen LogP contribution is 2.41. The molecule has 0 atom stereocenters. The molecule has 3 aromatic rings. The van der Waals surface area contributed by atoms with Crippen molar-refractivity contribution < 1.29 is 14.4 Å². The monoisotopic (exact) mass is 422 g/mol. The highest BCUT2D eigenvalue weighted by atomic mass is 35.5. The molecule has 2 N–H and O–H groups in total. The Bertz CT molecular complexity index is 1020. The number of nitrogens with two attached hydrogens (primary N) is 1. The average molecular weight is 423 g/mol. The van der Waals surface area contributed by atoms with Gasteiger partial charge in [0, 0.05) is 23.8 Å². The Morgan fingerprint density at radius 1 is 1.14 bits per heavy atom. The standard InChI is InChI=1S/C18H16Cl2N4O4/c1-27-14-8-15(28-2)18(20)11(17(14)19)9-23-13(7-16(21)22-23)10-5-3-4-6-12(10)24(25)26/h3-8H,9H2,1-2H3,(H2,21,22). The summed E-state index contributed by atoms with van der Waals surface area (Å²) in [5.74, 6) is 0.964. The lowest BCUT2D eigenvalue weighted by Crippen LogP contribution is -2.07. The van der Waals surface area contributed by atoms with Crippen molar-refractivity contribution in [3.8, 4) is 22.8 Å². The second kappa shape index (κ2) is 7.95. The average Bonchev–Trinajstić information content (AvgIpc) is 3.05. The molecule has 10 heteroatoms. The minimum absolute atomic E-state index is 0.0657. The smallest absolute Gasteiger partial charge is 0.278 e. The van der Waals surface area contributed by atoms with Crippen LogP contribution in [-0.2, 0) is 6.54 Å². The van der Waals surface area contributed by atoms with Gasteiger partial charge >= 0.3 is 0 Å². The summed E-state index contributed by atoms with van der Waals surface area (Å²) >= 11 is 12.9. The number of ether oxygens (including phenoxy) is 2. The Morgan fingerprint density at radius 2 is 1.75 bits per heavy atom. The minimum atomic E-state index is -0.461. The molecule has 8 nitrogen and oxygen atoms in total.